The summed E-state index contributed by atoms with van der Waals surface area (Å²) >= 11 is 0. The van der Waals surface area contributed by atoms with Gasteiger partial charge in [-0.25, -0.2) is 28.7 Å². The normalized spacial score (nSPS) is 15.6. The number of aryl methyl sites for hydroxylation is 1. The zero-order chi connectivity index (χ0) is 28.6. The van der Waals surface area contributed by atoms with Crippen molar-refractivity contribution in [3.63, 3.8) is 0 Å². The van der Waals surface area contributed by atoms with Crippen molar-refractivity contribution in [1.29, 1.82) is 0 Å². The predicted octanol–water partition coefficient (Wildman–Crippen LogP) is 6.20. The molecule has 0 bridgehead atoms. The number of likely N-dealkylation sites (tertiary alicyclic amines) is 1. The van der Waals surface area contributed by atoms with E-state index >= 15 is 4.39 Å². The molecule has 5 rings (SSSR count). The standard InChI is InChI=1S/C30H35F2N7O/c1-6-38-11-9-20(10-12-38)27(18(4)40)21-7-8-26(33-15-21)36-30-34-16-24(32)28(37-30)22-13-23(31)29-25(14-22)39(17(2)3)19(5)35-29/h7-8,13-17,20,27H,6,9-12H2,1-5H3,(H,33,34,36,37)/t27-/m0/s1. The molecule has 1 atom stereocenters. The van der Waals surface area contributed by atoms with Crippen molar-refractivity contribution in [1.82, 2.24) is 29.4 Å². The first-order valence-corrected chi connectivity index (χ1v) is 13.8. The lowest BCUT2D eigenvalue weighted by molar-refractivity contribution is -0.120. The lowest BCUT2D eigenvalue weighted by Crippen LogP contribution is -2.36. The number of fused-ring (bicyclic) bond motifs is 1. The molecule has 1 fully saturated rings. The highest BCUT2D eigenvalue weighted by Gasteiger charge is 2.30. The molecule has 3 aromatic heterocycles. The van der Waals surface area contributed by atoms with Gasteiger partial charge in [-0.15, -0.1) is 0 Å². The molecule has 0 radical (unpaired) electrons. The van der Waals surface area contributed by atoms with Crippen LogP contribution in [0.3, 0.4) is 0 Å². The Hall–Kier alpha value is -3.79. The molecule has 0 unspecified atom stereocenters. The summed E-state index contributed by atoms with van der Waals surface area (Å²) in [6.45, 7) is 12.6. The smallest absolute Gasteiger partial charge is 0.229 e. The van der Waals surface area contributed by atoms with Crippen molar-refractivity contribution >= 4 is 28.6 Å². The minimum absolute atomic E-state index is 0.0286. The monoisotopic (exact) mass is 547 g/mol. The minimum atomic E-state index is -0.668. The van der Waals surface area contributed by atoms with Crippen molar-refractivity contribution in [3.8, 4) is 11.3 Å². The molecule has 1 aliphatic heterocycles. The van der Waals surface area contributed by atoms with Gasteiger partial charge < -0.3 is 14.8 Å². The van der Waals surface area contributed by atoms with Gasteiger partial charge in [0.1, 0.15) is 28.6 Å². The third-order valence-electron chi connectivity index (χ3n) is 7.83. The summed E-state index contributed by atoms with van der Waals surface area (Å²) in [4.78, 5) is 32.3. The molecule has 8 nitrogen and oxygen atoms in total. The Morgan fingerprint density at radius 1 is 1.07 bits per heavy atom. The summed E-state index contributed by atoms with van der Waals surface area (Å²) in [5, 5.41) is 3.01. The average Bonchev–Trinajstić information content (AvgIpc) is 3.27. The summed E-state index contributed by atoms with van der Waals surface area (Å²) in [6.07, 6.45) is 4.73. The quantitative estimate of drug-likeness (QED) is 0.281. The number of piperidine rings is 1. The summed E-state index contributed by atoms with van der Waals surface area (Å²) < 4.78 is 31.8. The van der Waals surface area contributed by atoms with Crippen molar-refractivity contribution in [3.05, 3.63) is 59.7 Å². The number of anilines is 2. The highest BCUT2D eigenvalue weighted by molar-refractivity contribution is 5.84. The number of ketones is 1. The fourth-order valence-electron chi connectivity index (χ4n) is 5.91. The minimum Gasteiger partial charge on any atom is -0.326 e. The van der Waals surface area contributed by atoms with E-state index in [0.717, 1.165) is 44.2 Å². The number of rotatable bonds is 8. The molecule has 1 aliphatic rings. The molecule has 1 N–H and O–H groups in total. The van der Waals surface area contributed by atoms with Crippen LogP contribution in [-0.2, 0) is 4.79 Å². The van der Waals surface area contributed by atoms with E-state index in [9.17, 15) is 9.18 Å². The van der Waals surface area contributed by atoms with Gasteiger partial charge in [-0.1, -0.05) is 13.0 Å². The lowest BCUT2D eigenvalue weighted by atomic mass is 9.78. The summed E-state index contributed by atoms with van der Waals surface area (Å²) in [7, 11) is 0. The third-order valence-corrected chi connectivity index (χ3v) is 7.83. The zero-order valence-electron chi connectivity index (χ0n) is 23.6. The molecular weight excluding hydrogens is 512 g/mol. The largest absolute Gasteiger partial charge is 0.326 e. The molecule has 210 valence electrons. The van der Waals surface area contributed by atoms with Crippen LogP contribution >= 0.6 is 0 Å². The van der Waals surface area contributed by atoms with Gasteiger partial charge in [-0.3, -0.25) is 4.79 Å². The summed E-state index contributed by atoms with van der Waals surface area (Å²) in [6, 6.07) is 6.67. The molecule has 1 saturated heterocycles. The van der Waals surface area contributed by atoms with Crippen LogP contribution in [0.5, 0.6) is 0 Å². The highest BCUT2D eigenvalue weighted by atomic mass is 19.1. The first-order valence-electron chi connectivity index (χ1n) is 13.8. The number of pyridine rings is 1. The van der Waals surface area contributed by atoms with E-state index < -0.39 is 11.6 Å². The third kappa shape index (κ3) is 5.45. The molecule has 0 spiro atoms. The fraction of sp³-hybridized carbons (Fsp3) is 0.433. The van der Waals surface area contributed by atoms with E-state index in [1.54, 1.807) is 25.3 Å². The molecule has 0 amide bonds. The van der Waals surface area contributed by atoms with Gasteiger partial charge in [0.05, 0.1) is 11.7 Å². The van der Waals surface area contributed by atoms with Gasteiger partial charge >= 0.3 is 0 Å². The first kappa shape index (κ1) is 27.8. The van der Waals surface area contributed by atoms with E-state index in [1.807, 2.05) is 31.4 Å². The predicted molar refractivity (Wildman–Crippen MR) is 152 cm³/mol. The van der Waals surface area contributed by atoms with Crippen LogP contribution in [0.25, 0.3) is 22.3 Å². The van der Waals surface area contributed by atoms with Gasteiger partial charge in [0.15, 0.2) is 11.6 Å². The number of carbonyl (C=O) groups is 1. The topological polar surface area (TPSA) is 88.8 Å². The Morgan fingerprint density at radius 2 is 1.82 bits per heavy atom. The van der Waals surface area contributed by atoms with Crippen LogP contribution in [-0.4, -0.2) is 54.8 Å². The maximum atomic E-state index is 15.0. The van der Waals surface area contributed by atoms with E-state index in [2.05, 4.69) is 37.1 Å². The van der Waals surface area contributed by atoms with Crippen molar-refractivity contribution in [2.75, 3.05) is 25.0 Å². The van der Waals surface area contributed by atoms with E-state index in [-0.39, 0.29) is 46.4 Å². The van der Waals surface area contributed by atoms with Gasteiger partial charge in [-0.05, 0) is 89.9 Å². The van der Waals surface area contributed by atoms with Gasteiger partial charge in [0, 0.05) is 23.7 Å². The summed E-state index contributed by atoms with van der Waals surface area (Å²) in [5.41, 5.74) is 1.96. The van der Waals surface area contributed by atoms with Crippen LogP contribution < -0.4 is 5.32 Å². The number of benzene rings is 1. The Labute approximate surface area is 232 Å². The molecule has 4 heterocycles. The van der Waals surface area contributed by atoms with Crippen LogP contribution in [0.2, 0.25) is 0 Å². The average molecular weight is 548 g/mol. The lowest BCUT2D eigenvalue weighted by Gasteiger charge is -2.34. The molecule has 0 aliphatic carbocycles. The van der Waals surface area contributed by atoms with Gasteiger partial charge in [0.25, 0.3) is 0 Å². The Kier molecular flexibility index (Phi) is 7.89. The van der Waals surface area contributed by atoms with Crippen molar-refractivity contribution in [2.45, 2.75) is 59.4 Å². The zero-order valence-corrected chi connectivity index (χ0v) is 23.6. The van der Waals surface area contributed by atoms with Crippen LogP contribution in [0, 0.1) is 24.5 Å². The fourth-order valence-corrected chi connectivity index (χ4v) is 5.91. The number of aromatic nitrogens is 5. The second-order valence-corrected chi connectivity index (χ2v) is 10.8. The molecule has 40 heavy (non-hydrogen) atoms. The number of imidazole rings is 1. The van der Waals surface area contributed by atoms with Gasteiger partial charge in [0.2, 0.25) is 5.95 Å². The van der Waals surface area contributed by atoms with Crippen LogP contribution in [0.4, 0.5) is 20.5 Å². The van der Waals surface area contributed by atoms with Gasteiger partial charge in [-0.2, -0.15) is 0 Å². The van der Waals surface area contributed by atoms with E-state index in [1.165, 1.54) is 6.07 Å². The molecule has 4 aromatic rings. The van der Waals surface area contributed by atoms with E-state index in [0.29, 0.717) is 17.2 Å². The van der Waals surface area contributed by atoms with Crippen molar-refractivity contribution in [2.24, 2.45) is 5.92 Å². The van der Waals surface area contributed by atoms with Crippen LogP contribution in [0.15, 0.2) is 36.7 Å². The molecule has 10 heteroatoms. The number of nitrogens with one attached hydrogen (secondary N) is 1. The summed E-state index contributed by atoms with van der Waals surface area (Å²) in [5.74, 6) is 0.292. The maximum Gasteiger partial charge on any atom is 0.229 e. The number of nitrogens with zero attached hydrogens (tertiary/aromatic N) is 6. The SMILES string of the molecule is CCN1CCC([C@H](C(C)=O)c2ccc(Nc3ncc(F)c(-c4cc(F)c5nc(C)n(C(C)C)c5c4)n3)nc2)CC1. The number of hydrogen-bond acceptors (Lipinski definition) is 7. The Bertz CT molecular complexity index is 1530. The number of Topliss-reactive ketones (excluding diaryl/α,β-unsaturated/α-hetero) is 1. The molecule has 1 aromatic carbocycles. The maximum absolute atomic E-state index is 15.0. The van der Waals surface area contributed by atoms with Crippen LogP contribution in [0.1, 0.15) is 63.9 Å². The Morgan fingerprint density at radius 3 is 2.45 bits per heavy atom. The second-order valence-electron chi connectivity index (χ2n) is 10.8. The Balaban J connectivity index is 1.39. The molecular formula is C30H35F2N7O. The first-order chi connectivity index (χ1) is 19.2. The number of halogens is 2. The highest BCUT2D eigenvalue weighted by Crippen LogP contribution is 2.34. The second kappa shape index (κ2) is 11.4. The van der Waals surface area contributed by atoms with Crippen molar-refractivity contribution < 1.29 is 13.6 Å². The molecule has 0 saturated carbocycles. The number of hydrogen-bond donors (Lipinski definition) is 1. The van der Waals surface area contributed by atoms with E-state index in [4.69, 9.17) is 0 Å². The number of carbonyl (C=O) groups excluding carboxylic acids is 1.